The van der Waals surface area contributed by atoms with Gasteiger partial charge in [0.25, 0.3) is 5.69 Å². The average Bonchev–Trinajstić information content (AvgIpc) is 2.30. The Bertz CT molecular complexity index is 560. The fourth-order valence-electron chi connectivity index (χ4n) is 1.14. The minimum absolute atomic E-state index is 0.130. The fraction of sp³-hybridized carbons (Fsp3) is 0.182. The van der Waals surface area contributed by atoms with Crippen LogP contribution in [0.5, 0.6) is 0 Å². The highest BCUT2D eigenvalue weighted by molar-refractivity contribution is 5.89. The third-order valence-electron chi connectivity index (χ3n) is 1.89. The molecule has 94 valence electrons. The molecule has 0 radical (unpaired) electrons. The number of nitro groups is 1. The average molecular weight is 252 g/mol. The Balaban J connectivity index is 3.17. The summed E-state index contributed by atoms with van der Waals surface area (Å²) >= 11 is 0. The van der Waals surface area contributed by atoms with Gasteiger partial charge in [-0.3, -0.25) is 10.1 Å². The van der Waals surface area contributed by atoms with Gasteiger partial charge in [0.05, 0.1) is 23.2 Å². The molecule has 0 saturated heterocycles. The van der Waals surface area contributed by atoms with E-state index in [1.54, 1.807) is 6.92 Å². The lowest BCUT2D eigenvalue weighted by Crippen LogP contribution is -2.02. The second-order valence-electron chi connectivity index (χ2n) is 3.11. The summed E-state index contributed by atoms with van der Waals surface area (Å²) in [5.41, 5.74) is 4.43. The van der Waals surface area contributed by atoms with Gasteiger partial charge in [-0.15, -0.1) is 0 Å². The van der Waals surface area contributed by atoms with Crippen LogP contribution in [0.2, 0.25) is 0 Å². The van der Waals surface area contributed by atoms with Gasteiger partial charge >= 0.3 is 5.97 Å². The van der Waals surface area contributed by atoms with E-state index >= 15 is 0 Å². The molecule has 18 heavy (non-hydrogen) atoms. The van der Waals surface area contributed by atoms with Crippen LogP contribution in [0, 0.1) is 27.8 Å². The first kappa shape index (κ1) is 13.4. The van der Waals surface area contributed by atoms with E-state index in [2.05, 4.69) is 16.6 Å². The van der Waals surface area contributed by atoms with Crippen LogP contribution >= 0.6 is 0 Å². The van der Waals surface area contributed by atoms with Crippen molar-refractivity contribution in [1.29, 1.82) is 0 Å². The van der Waals surface area contributed by atoms with Gasteiger partial charge in [-0.25, -0.2) is 9.18 Å². The molecule has 1 aromatic rings. The van der Waals surface area contributed by atoms with E-state index in [1.807, 2.05) is 0 Å². The van der Waals surface area contributed by atoms with E-state index in [9.17, 15) is 19.3 Å². The largest absolute Gasteiger partial charge is 0.456 e. The molecule has 0 aliphatic carbocycles. The third-order valence-corrected chi connectivity index (χ3v) is 1.89. The molecule has 0 aliphatic rings. The fourth-order valence-corrected chi connectivity index (χ4v) is 1.14. The first-order valence-electron chi connectivity index (χ1n) is 4.88. The van der Waals surface area contributed by atoms with E-state index in [4.69, 9.17) is 5.73 Å². The van der Waals surface area contributed by atoms with Gasteiger partial charge in [0.2, 0.25) is 0 Å². The number of anilines is 1. The molecule has 7 heteroatoms. The maximum atomic E-state index is 13.1. The van der Waals surface area contributed by atoms with Crippen LogP contribution in [0.4, 0.5) is 15.8 Å². The van der Waals surface area contributed by atoms with Crippen LogP contribution in [0.15, 0.2) is 12.1 Å². The maximum absolute atomic E-state index is 13.1. The lowest BCUT2D eigenvalue weighted by molar-refractivity contribution is -0.384. The molecule has 0 unspecified atom stereocenters. The van der Waals surface area contributed by atoms with Crippen LogP contribution in [-0.4, -0.2) is 17.5 Å². The summed E-state index contributed by atoms with van der Waals surface area (Å²) in [7, 11) is 0. The number of nitrogens with two attached hydrogens (primary N) is 1. The van der Waals surface area contributed by atoms with E-state index < -0.39 is 22.4 Å². The summed E-state index contributed by atoms with van der Waals surface area (Å²) in [6, 6.07) is 1.60. The van der Waals surface area contributed by atoms with Crippen molar-refractivity contribution >= 4 is 17.3 Å². The molecule has 0 bridgehead atoms. The van der Waals surface area contributed by atoms with Crippen molar-refractivity contribution in [2.45, 2.75) is 6.92 Å². The quantitative estimate of drug-likeness (QED) is 0.281. The molecule has 0 atom stereocenters. The predicted octanol–water partition coefficient (Wildman–Crippen LogP) is 1.23. The van der Waals surface area contributed by atoms with Gasteiger partial charge in [-0.1, -0.05) is 5.92 Å². The van der Waals surface area contributed by atoms with Gasteiger partial charge in [0.15, 0.2) is 0 Å². The summed E-state index contributed by atoms with van der Waals surface area (Å²) in [6.45, 7) is 1.74. The second-order valence-corrected chi connectivity index (χ2v) is 3.11. The number of hydrogen-bond acceptors (Lipinski definition) is 5. The Morgan fingerprint density at radius 3 is 2.83 bits per heavy atom. The molecular formula is C11H9FN2O4. The molecule has 0 amide bonds. The standard InChI is InChI=1S/C11H9FN2O4/c1-2-18-10(15)4-3-7-5-8(12)6-9(11(7)13)14(16)17/h5-6H,2,13H2,1H3. The van der Waals surface area contributed by atoms with Crippen molar-refractivity contribution in [2.75, 3.05) is 12.3 Å². The zero-order valence-corrected chi connectivity index (χ0v) is 9.40. The molecule has 0 fully saturated rings. The molecule has 2 N–H and O–H groups in total. The molecule has 1 rings (SSSR count). The van der Waals surface area contributed by atoms with Crippen molar-refractivity contribution in [3.63, 3.8) is 0 Å². The number of esters is 1. The van der Waals surface area contributed by atoms with Crippen LogP contribution in [0.3, 0.4) is 0 Å². The third kappa shape index (κ3) is 3.18. The van der Waals surface area contributed by atoms with Crippen molar-refractivity contribution in [2.24, 2.45) is 0 Å². The van der Waals surface area contributed by atoms with Crippen molar-refractivity contribution in [3.05, 3.63) is 33.6 Å². The minimum atomic E-state index is -0.857. The molecule has 0 saturated carbocycles. The zero-order valence-electron chi connectivity index (χ0n) is 9.40. The number of nitrogens with zero attached hydrogens (tertiary/aromatic N) is 1. The smallest absolute Gasteiger partial charge is 0.384 e. The lowest BCUT2D eigenvalue weighted by Gasteiger charge is -2.00. The maximum Gasteiger partial charge on any atom is 0.384 e. The summed E-state index contributed by atoms with van der Waals surface area (Å²) in [6.07, 6.45) is 0. The van der Waals surface area contributed by atoms with E-state index in [-0.39, 0.29) is 17.9 Å². The number of carbonyl (C=O) groups is 1. The number of carbonyl (C=O) groups excluding carboxylic acids is 1. The normalized spacial score (nSPS) is 9.22. The number of nitrogen functional groups attached to an aromatic ring is 1. The Labute approximate surface area is 102 Å². The number of ether oxygens (including phenoxy) is 1. The van der Waals surface area contributed by atoms with E-state index in [0.29, 0.717) is 6.07 Å². The van der Waals surface area contributed by atoms with Crippen molar-refractivity contribution < 1.29 is 18.8 Å². The van der Waals surface area contributed by atoms with Crippen LogP contribution in [0.1, 0.15) is 12.5 Å². The summed E-state index contributed by atoms with van der Waals surface area (Å²) in [5, 5.41) is 10.6. The van der Waals surface area contributed by atoms with Crippen LogP contribution < -0.4 is 5.73 Å². The summed E-state index contributed by atoms with van der Waals surface area (Å²) < 4.78 is 17.6. The SMILES string of the molecule is CCOC(=O)C#Cc1cc(F)cc([N+](=O)[O-])c1N. The van der Waals surface area contributed by atoms with Crippen molar-refractivity contribution in [3.8, 4) is 11.8 Å². The predicted molar refractivity (Wildman–Crippen MR) is 61.0 cm³/mol. The van der Waals surface area contributed by atoms with Crippen LogP contribution in [-0.2, 0) is 9.53 Å². The lowest BCUT2D eigenvalue weighted by atomic mass is 10.1. The molecule has 0 aliphatic heterocycles. The van der Waals surface area contributed by atoms with Gasteiger partial charge < -0.3 is 10.5 Å². The highest BCUT2D eigenvalue weighted by atomic mass is 19.1. The van der Waals surface area contributed by atoms with Crippen LogP contribution in [0.25, 0.3) is 0 Å². The topological polar surface area (TPSA) is 95.5 Å². The van der Waals surface area contributed by atoms with Gasteiger partial charge in [0.1, 0.15) is 11.5 Å². The Morgan fingerprint density at radius 1 is 1.61 bits per heavy atom. The first-order valence-corrected chi connectivity index (χ1v) is 4.88. The highest BCUT2D eigenvalue weighted by Gasteiger charge is 2.16. The molecule has 0 heterocycles. The number of hydrogen-bond donors (Lipinski definition) is 1. The zero-order chi connectivity index (χ0) is 13.7. The molecule has 0 spiro atoms. The number of halogens is 1. The minimum Gasteiger partial charge on any atom is -0.456 e. The Kier molecular flexibility index (Phi) is 4.21. The second kappa shape index (κ2) is 5.63. The Hall–Kier alpha value is -2.62. The van der Waals surface area contributed by atoms with E-state index in [0.717, 1.165) is 6.07 Å². The number of rotatable bonds is 2. The molecular weight excluding hydrogens is 243 g/mol. The molecule has 0 aromatic heterocycles. The van der Waals surface area contributed by atoms with Crippen molar-refractivity contribution in [1.82, 2.24) is 0 Å². The molecule has 6 nitrogen and oxygen atoms in total. The van der Waals surface area contributed by atoms with Gasteiger partial charge in [-0.2, -0.15) is 0 Å². The summed E-state index contributed by atoms with van der Waals surface area (Å²) in [4.78, 5) is 20.7. The summed E-state index contributed by atoms with van der Waals surface area (Å²) in [5.74, 6) is 2.62. The van der Waals surface area contributed by atoms with E-state index in [1.165, 1.54) is 0 Å². The number of benzene rings is 1. The highest BCUT2D eigenvalue weighted by Crippen LogP contribution is 2.25. The van der Waals surface area contributed by atoms with Gasteiger partial charge in [-0.05, 0) is 13.0 Å². The molecule has 1 aromatic carbocycles. The number of nitro benzene ring substituents is 1. The monoisotopic (exact) mass is 252 g/mol. The van der Waals surface area contributed by atoms with Gasteiger partial charge in [0, 0.05) is 5.92 Å². The Morgan fingerprint density at radius 2 is 2.28 bits per heavy atom. The first-order chi connectivity index (χ1) is 8.45.